The molecule has 2 N–H and O–H groups in total. The second-order valence-corrected chi connectivity index (χ2v) is 6.01. The topological polar surface area (TPSA) is 81.1 Å². The van der Waals surface area contributed by atoms with E-state index < -0.39 is 17.6 Å². The summed E-state index contributed by atoms with van der Waals surface area (Å²) in [7, 11) is 0. The van der Waals surface area contributed by atoms with Crippen LogP contribution in [0.3, 0.4) is 0 Å². The Morgan fingerprint density at radius 3 is 2.67 bits per heavy atom. The average Bonchev–Trinajstić information content (AvgIpc) is 2.98. The van der Waals surface area contributed by atoms with Gasteiger partial charge in [-0.25, -0.2) is 9.59 Å². The number of aliphatic hydroxyl groups is 1. The molecule has 2 amide bonds. The number of fused-ring (bicyclic) bond motifs is 1. The molecular weight excluding hydrogens is 272 g/mol. The molecule has 2 heterocycles. The number of amides is 2. The summed E-state index contributed by atoms with van der Waals surface area (Å²) in [4.78, 5) is 27.0. The summed E-state index contributed by atoms with van der Waals surface area (Å²) in [6.45, 7) is 2.36. The van der Waals surface area contributed by atoms with Crippen molar-refractivity contribution in [1.82, 2.24) is 4.90 Å². The number of benzene rings is 1. The van der Waals surface area contributed by atoms with Crippen molar-refractivity contribution in [3.8, 4) is 0 Å². The van der Waals surface area contributed by atoms with E-state index in [0.717, 1.165) is 5.56 Å². The van der Waals surface area contributed by atoms with E-state index in [2.05, 4.69) is 0 Å². The molecule has 0 bridgehead atoms. The number of hydrogen-bond donors (Lipinski definition) is 2. The molecule has 6 nitrogen and oxygen atoms in total. The SMILES string of the molecule is CC1(O)CCN(C(=O)N2c3ccccc3C[C@H]2C(=O)O)C1. The van der Waals surface area contributed by atoms with Gasteiger partial charge in [0.15, 0.2) is 0 Å². The molecule has 0 spiro atoms. The van der Waals surface area contributed by atoms with E-state index in [9.17, 15) is 19.8 Å². The summed E-state index contributed by atoms with van der Waals surface area (Å²) >= 11 is 0. The highest BCUT2D eigenvalue weighted by Gasteiger charge is 2.43. The lowest BCUT2D eigenvalue weighted by molar-refractivity contribution is -0.138. The van der Waals surface area contributed by atoms with Crippen molar-refractivity contribution in [3.05, 3.63) is 29.8 Å². The lowest BCUT2D eigenvalue weighted by Crippen LogP contribution is -2.49. The van der Waals surface area contributed by atoms with E-state index in [4.69, 9.17) is 0 Å². The fourth-order valence-corrected chi connectivity index (χ4v) is 3.08. The number of rotatable bonds is 1. The zero-order chi connectivity index (χ0) is 15.2. The minimum absolute atomic E-state index is 0.233. The Morgan fingerprint density at radius 1 is 1.33 bits per heavy atom. The van der Waals surface area contributed by atoms with Gasteiger partial charge in [0.1, 0.15) is 6.04 Å². The predicted octanol–water partition coefficient (Wildman–Crippen LogP) is 1.08. The maximum atomic E-state index is 12.7. The Kier molecular flexibility index (Phi) is 3.13. The van der Waals surface area contributed by atoms with E-state index in [1.807, 2.05) is 12.1 Å². The van der Waals surface area contributed by atoms with E-state index >= 15 is 0 Å². The van der Waals surface area contributed by atoms with Crippen LogP contribution in [-0.2, 0) is 11.2 Å². The molecule has 0 aliphatic carbocycles. The Morgan fingerprint density at radius 2 is 2.05 bits per heavy atom. The highest BCUT2D eigenvalue weighted by atomic mass is 16.4. The van der Waals surface area contributed by atoms with Gasteiger partial charge in [0.05, 0.1) is 12.1 Å². The standard InChI is InChI=1S/C15H18N2O4/c1-15(21)6-7-16(9-15)14(20)17-11-5-3-2-4-10(11)8-12(17)13(18)19/h2-5,12,21H,6-9H2,1H3,(H,18,19)/t12-,15?/m0/s1. The number of carboxylic acids is 1. The van der Waals surface area contributed by atoms with Crippen LogP contribution in [0.2, 0.25) is 0 Å². The van der Waals surface area contributed by atoms with E-state index in [0.29, 0.717) is 25.1 Å². The van der Waals surface area contributed by atoms with Gasteiger partial charge in [0, 0.05) is 18.7 Å². The van der Waals surface area contributed by atoms with Crippen LogP contribution in [0.5, 0.6) is 0 Å². The molecule has 1 aromatic rings. The molecule has 1 saturated heterocycles. The number of para-hydroxylation sites is 1. The number of urea groups is 1. The highest BCUT2D eigenvalue weighted by Crippen LogP contribution is 2.34. The molecule has 6 heteroatoms. The quantitative estimate of drug-likeness (QED) is 0.811. The van der Waals surface area contributed by atoms with Gasteiger partial charge in [0.25, 0.3) is 0 Å². The average molecular weight is 290 g/mol. The van der Waals surface area contributed by atoms with Gasteiger partial charge in [0.2, 0.25) is 0 Å². The van der Waals surface area contributed by atoms with Crippen LogP contribution in [0.15, 0.2) is 24.3 Å². The zero-order valence-electron chi connectivity index (χ0n) is 11.8. The number of aliphatic carboxylic acids is 1. The Hall–Kier alpha value is -2.08. The molecule has 21 heavy (non-hydrogen) atoms. The van der Waals surface area contributed by atoms with Gasteiger partial charge in [-0.15, -0.1) is 0 Å². The second kappa shape index (κ2) is 4.73. The lowest BCUT2D eigenvalue weighted by Gasteiger charge is -2.28. The van der Waals surface area contributed by atoms with Crippen molar-refractivity contribution in [3.63, 3.8) is 0 Å². The van der Waals surface area contributed by atoms with Crippen LogP contribution in [-0.4, -0.2) is 51.8 Å². The van der Waals surface area contributed by atoms with Crippen molar-refractivity contribution in [2.24, 2.45) is 0 Å². The third-order valence-corrected chi connectivity index (χ3v) is 4.19. The van der Waals surface area contributed by atoms with Gasteiger partial charge in [-0.05, 0) is 25.0 Å². The molecule has 2 aliphatic heterocycles. The number of likely N-dealkylation sites (tertiary alicyclic amines) is 1. The smallest absolute Gasteiger partial charge is 0.327 e. The van der Waals surface area contributed by atoms with Crippen molar-refractivity contribution >= 4 is 17.7 Å². The minimum Gasteiger partial charge on any atom is -0.480 e. The normalized spacial score (nSPS) is 27.8. The Labute approximate surface area is 122 Å². The van der Waals surface area contributed by atoms with Crippen LogP contribution >= 0.6 is 0 Å². The number of β-amino-alcohol motifs (C(OH)–C–C–N with tert-alkyl or cyclic N) is 1. The van der Waals surface area contributed by atoms with Crippen LogP contribution in [0.4, 0.5) is 10.5 Å². The van der Waals surface area contributed by atoms with E-state index in [1.54, 1.807) is 19.1 Å². The zero-order valence-corrected chi connectivity index (χ0v) is 11.8. The molecule has 2 aliphatic rings. The number of carbonyl (C=O) groups excluding carboxylic acids is 1. The Balaban J connectivity index is 1.91. The fourth-order valence-electron chi connectivity index (χ4n) is 3.08. The molecule has 0 saturated carbocycles. The number of anilines is 1. The Bertz CT molecular complexity index is 599. The summed E-state index contributed by atoms with van der Waals surface area (Å²) in [6, 6.07) is 6.03. The predicted molar refractivity (Wildman–Crippen MR) is 76.3 cm³/mol. The number of nitrogens with zero attached hydrogens (tertiary/aromatic N) is 2. The van der Waals surface area contributed by atoms with Gasteiger partial charge >= 0.3 is 12.0 Å². The van der Waals surface area contributed by atoms with Crippen molar-refractivity contribution < 1.29 is 19.8 Å². The molecule has 0 radical (unpaired) electrons. The van der Waals surface area contributed by atoms with Crippen LogP contribution in [0.25, 0.3) is 0 Å². The maximum Gasteiger partial charge on any atom is 0.327 e. The highest BCUT2D eigenvalue weighted by molar-refractivity contribution is 6.01. The maximum absolute atomic E-state index is 12.7. The van der Waals surface area contributed by atoms with Crippen molar-refractivity contribution in [2.75, 3.05) is 18.0 Å². The van der Waals surface area contributed by atoms with Crippen LogP contribution in [0, 0.1) is 0 Å². The molecule has 1 aromatic carbocycles. The molecule has 1 fully saturated rings. The van der Waals surface area contributed by atoms with Gasteiger partial charge in [-0.2, -0.15) is 0 Å². The third kappa shape index (κ3) is 2.35. The largest absolute Gasteiger partial charge is 0.480 e. The fraction of sp³-hybridized carbons (Fsp3) is 0.467. The molecule has 2 atom stereocenters. The summed E-state index contributed by atoms with van der Waals surface area (Å²) in [6.07, 6.45) is 0.827. The first kappa shape index (κ1) is 13.9. The third-order valence-electron chi connectivity index (χ3n) is 4.19. The monoisotopic (exact) mass is 290 g/mol. The number of carbonyl (C=O) groups is 2. The second-order valence-electron chi connectivity index (χ2n) is 6.01. The lowest BCUT2D eigenvalue weighted by atomic mass is 10.1. The van der Waals surface area contributed by atoms with E-state index in [1.165, 1.54) is 9.80 Å². The molecule has 3 rings (SSSR count). The molecular formula is C15H18N2O4. The van der Waals surface area contributed by atoms with Crippen LogP contribution in [0.1, 0.15) is 18.9 Å². The number of carboxylic acid groups (broad SMARTS) is 1. The van der Waals surface area contributed by atoms with Crippen LogP contribution < -0.4 is 4.90 Å². The first-order valence-corrected chi connectivity index (χ1v) is 7.00. The van der Waals surface area contributed by atoms with Crippen molar-refractivity contribution in [2.45, 2.75) is 31.4 Å². The summed E-state index contributed by atoms with van der Waals surface area (Å²) in [5, 5.41) is 19.4. The number of hydrogen-bond acceptors (Lipinski definition) is 3. The van der Waals surface area contributed by atoms with Gasteiger partial charge in [-0.3, -0.25) is 4.90 Å². The van der Waals surface area contributed by atoms with E-state index in [-0.39, 0.29) is 12.6 Å². The molecule has 112 valence electrons. The summed E-state index contributed by atoms with van der Waals surface area (Å²) in [5.74, 6) is -1.01. The molecule has 0 aromatic heterocycles. The van der Waals surface area contributed by atoms with Gasteiger partial charge < -0.3 is 15.1 Å². The summed E-state index contributed by atoms with van der Waals surface area (Å²) < 4.78 is 0. The first-order chi connectivity index (χ1) is 9.89. The first-order valence-electron chi connectivity index (χ1n) is 7.00. The minimum atomic E-state index is -1.01. The molecule has 1 unspecified atom stereocenters. The summed E-state index contributed by atoms with van der Waals surface area (Å²) in [5.41, 5.74) is 0.624. The van der Waals surface area contributed by atoms with Crippen molar-refractivity contribution in [1.29, 1.82) is 0 Å². The van der Waals surface area contributed by atoms with Gasteiger partial charge in [-0.1, -0.05) is 18.2 Å².